The van der Waals surface area contributed by atoms with Crippen LogP contribution >= 0.6 is 0 Å². The molecular weight excluding hydrogens is 328 g/mol. The monoisotopic (exact) mass is 362 g/mol. The zero-order valence-electron chi connectivity index (χ0n) is 15.8. The van der Waals surface area contributed by atoms with Gasteiger partial charge in [-0.25, -0.2) is 8.42 Å². The van der Waals surface area contributed by atoms with Crippen molar-refractivity contribution in [1.29, 1.82) is 0 Å². The van der Waals surface area contributed by atoms with Crippen LogP contribution < -0.4 is 10.6 Å². The van der Waals surface area contributed by atoms with Crippen LogP contribution in [0.25, 0.3) is 0 Å². The van der Waals surface area contributed by atoms with Gasteiger partial charge in [0.25, 0.3) is 0 Å². The summed E-state index contributed by atoms with van der Waals surface area (Å²) in [7, 11) is -2.94. The van der Waals surface area contributed by atoms with Gasteiger partial charge in [-0.05, 0) is 34.1 Å². The minimum atomic E-state index is -2.94. The summed E-state index contributed by atoms with van der Waals surface area (Å²) < 4.78 is 28.0. The summed E-state index contributed by atoms with van der Waals surface area (Å²) in [6.07, 6.45) is 1.83. The van der Waals surface area contributed by atoms with Crippen LogP contribution in [0.4, 0.5) is 0 Å². The number of hydrogen-bond acceptors (Lipinski definition) is 5. The number of sulfone groups is 1. The average molecular weight is 363 g/mol. The molecule has 0 aromatic carbocycles. The number of rotatable bonds is 8. The number of nitrogens with one attached hydrogen (secondary N) is 2. The molecule has 0 saturated carbocycles. The molecule has 0 aromatic rings. The number of ether oxygens (including phenoxy) is 1. The second-order valence-corrected chi connectivity index (χ2v) is 9.33. The number of morpholine rings is 1. The van der Waals surface area contributed by atoms with Crippen molar-refractivity contribution >= 4 is 15.8 Å². The second-order valence-electron chi connectivity index (χ2n) is 7.07. The lowest BCUT2D eigenvalue weighted by Gasteiger charge is -2.40. The van der Waals surface area contributed by atoms with Gasteiger partial charge in [-0.15, -0.1) is 0 Å². The van der Waals surface area contributed by atoms with Gasteiger partial charge in [0.05, 0.1) is 25.5 Å². The van der Waals surface area contributed by atoms with Crippen molar-refractivity contribution in [3.05, 3.63) is 0 Å². The average Bonchev–Trinajstić information content (AvgIpc) is 2.51. The van der Waals surface area contributed by atoms with Crippen molar-refractivity contribution in [2.45, 2.75) is 45.7 Å². The summed E-state index contributed by atoms with van der Waals surface area (Å²) in [6, 6.07) is 0.0454. The third kappa shape index (κ3) is 8.30. The van der Waals surface area contributed by atoms with Gasteiger partial charge in [0.1, 0.15) is 9.84 Å². The summed E-state index contributed by atoms with van der Waals surface area (Å²) in [5.41, 5.74) is -0.0396. The Kier molecular flexibility index (Phi) is 8.45. The van der Waals surface area contributed by atoms with Gasteiger partial charge in [-0.3, -0.25) is 9.89 Å². The molecule has 1 rings (SSSR count). The van der Waals surface area contributed by atoms with Crippen molar-refractivity contribution in [2.75, 3.05) is 51.4 Å². The highest BCUT2D eigenvalue weighted by Crippen LogP contribution is 2.16. The van der Waals surface area contributed by atoms with E-state index in [4.69, 9.17) is 9.73 Å². The van der Waals surface area contributed by atoms with Crippen molar-refractivity contribution in [3.8, 4) is 0 Å². The summed E-state index contributed by atoms with van der Waals surface area (Å²) >= 11 is 0. The van der Waals surface area contributed by atoms with Gasteiger partial charge in [-0.1, -0.05) is 0 Å². The maximum Gasteiger partial charge on any atom is 0.191 e. The van der Waals surface area contributed by atoms with Crippen LogP contribution in [0, 0.1) is 0 Å². The molecule has 0 aromatic heterocycles. The normalized spacial score (nSPS) is 19.1. The Labute approximate surface area is 147 Å². The first kappa shape index (κ1) is 21.2. The highest BCUT2D eigenvalue weighted by atomic mass is 32.2. The first-order valence-electron chi connectivity index (χ1n) is 8.69. The molecule has 1 aliphatic rings. The molecule has 0 amide bonds. The van der Waals surface area contributed by atoms with Crippen LogP contribution in [0.3, 0.4) is 0 Å². The Morgan fingerprint density at radius 1 is 1.33 bits per heavy atom. The number of hydrogen-bond donors (Lipinski definition) is 2. The predicted octanol–water partition coefficient (Wildman–Crippen LogP) is 0.476. The lowest BCUT2D eigenvalue weighted by molar-refractivity contribution is -0.00684. The van der Waals surface area contributed by atoms with E-state index in [1.807, 2.05) is 13.8 Å². The standard InChI is InChI=1S/C16H34N4O3S/c1-6-17-15(19-14(2)7-12-24(5,21)22)18-13-16(3,4)20-8-10-23-11-9-20/h14H,6-13H2,1-5H3,(H2,17,18,19). The minimum Gasteiger partial charge on any atom is -0.379 e. The molecule has 142 valence electrons. The van der Waals surface area contributed by atoms with Crippen molar-refractivity contribution in [3.63, 3.8) is 0 Å². The fourth-order valence-corrected chi connectivity index (χ4v) is 3.34. The molecular formula is C16H34N4O3S. The van der Waals surface area contributed by atoms with E-state index in [1.165, 1.54) is 6.26 Å². The van der Waals surface area contributed by atoms with Crippen LogP contribution in [-0.4, -0.2) is 82.3 Å². The fourth-order valence-electron chi connectivity index (χ4n) is 2.56. The van der Waals surface area contributed by atoms with Crippen LogP contribution in [0.5, 0.6) is 0 Å². The molecule has 8 heteroatoms. The molecule has 1 saturated heterocycles. The van der Waals surface area contributed by atoms with Gasteiger partial charge in [0.15, 0.2) is 5.96 Å². The Bertz CT molecular complexity index is 499. The van der Waals surface area contributed by atoms with E-state index in [0.29, 0.717) is 13.0 Å². The van der Waals surface area contributed by atoms with Crippen LogP contribution in [0.1, 0.15) is 34.1 Å². The third-order valence-electron chi connectivity index (χ3n) is 4.14. The third-order valence-corrected chi connectivity index (χ3v) is 5.12. The number of aliphatic imine (C=N–C) groups is 1. The molecule has 1 heterocycles. The Morgan fingerprint density at radius 2 is 1.96 bits per heavy atom. The quantitative estimate of drug-likeness (QED) is 0.483. The molecule has 1 aliphatic heterocycles. The maximum absolute atomic E-state index is 11.3. The molecule has 1 fully saturated rings. The van der Waals surface area contributed by atoms with E-state index >= 15 is 0 Å². The Hall–Kier alpha value is -0.860. The highest BCUT2D eigenvalue weighted by Gasteiger charge is 2.28. The van der Waals surface area contributed by atoms with Crippen molar-refractivity contribution in [2.24, 2.45) is 4.99 Å². The van der Waals surface area contributed by atoms with Crippen LogP contribution in [-0.2, 0) is 14.6 Å². The molecule has 0 bridgehead atoms. The maximum atomic E-state index is 11.3. The zero-order valence-corrected chi connectivity index (χ0v) is 16.6. The lowest BCUT2D eigenvalue weighted by Crippen LogP contribution is -2.52. The molecule has 0 radical (unpaired) electrons. The smallest absolute Gasteiger partial charge is 0.191 e. The van der Waals surface area contributed by atoms with Gasteiger partial charge in [0.2, 0.25) is 0 Å². The molecule has 0 aliphatic carbocycles. The van der Waals surface area contributed by atoms with Gasteiger partial charge < -0.3 is 15.4 Å². The zero-order chi connectivity index (χ0) is 18.2. The molecule has 1 unspecified atom stereocenters. The van der Waals surface area contributed by atoms with Crippen LogP contribution in [0.2, 0.25) is 0 Å². The van der Waals surface area contributed by atoms with E-state index in [2.05, 4.69) is 29.4 Å². The summed E-state index contributed by atoms with van der Waals surface area (Å²) in [6.45, 7) is 13.2. The number of nitrogens with zero attached hydrogens (tertiary/aromatic N) is 2. The topological polar surface area (TPSA) is 83.0 Å². The van der Waals surface area contributed by atoms with E-state index in [-0.39, 0.29) is 17.3 Å². The summed E-state index contributed by atoms with van der Waals surface area (Å²) in [4.78, 5) is 7.11. The van der Waals surface area contributed by atoms with Crippen LogP contribution in [0.15, 0.2) is 4.99 Å². The van der Waals surface area contributed by atoms with Gasteiger partial charge >= 0.3 is 0 Å². The van der Waals surface area contributed by atoms with E-state index in [9.17, 15) is 8.42 Å². The molecule has 7 nitrogen and oxygen atoms in total. The van der Waals surface area contributed by atoms with Gasteiger partial charge in [0, 0.05) is 37.5 Å². The SMILES string of the molecule is CCNC(=NCC(C)(C)N1CCOCC1)NC(C)CCS(C)(=O)=O. The van der Waals surface area contributed by atoms with Crippen molar-refractivity contribution < 1.29 is 13.2 Å². The minimum absolute atomic E-state index is 0.0396. The van der Waals surface area contributed by atoms with E-state index in [0.717, 1.165) is 38.8 Å². The van der Waals surface area contributed by atoms with Gasteiger partial charge in [-0.2, -0.15) is 0 Å². The fraction of sp³-hybridized carbons (Fsp3) is 0.938. The second kappa shape index (κ2) is 9.58. The number of guanidine groups is 1. The Balaban J connectivity index is 2.60. The lowest BCUT2D eigenvalue weighted by atomic mass is 10.0. The first-order valence-corrected chi connectivity index (χ1v) is 10.8. The summed E-state index contributed by atoms with van der Waals surface area (Å²) in [5, 5.41) is 6.53. The predicted molar refractivity (Wildman–Crippen MR) is 99.4 cm³/mol. The molecule has 1 atom stereocenters. The molecule has 2 N–H and O–H groups in total. The Morgan fingerprint density at radius 3 is 2.50 bits per heavy atom. The van der Waals surface area contributed by atoms with Crippen molar-refractivity contribution in [1.82, 2.24) is 15.5 Å². The highest BCUT2D eigenvalue weighted by molar-refractivity contribution is 7.90. The first-order chi connectivity index (χ1) is 11.1. The largest absolute Gasteiger partial charge is 0.379 e. The van der Waals surface area contributed by atoms with E-state index < -0.39 is 9.84 Å². The summed E-state index contributed by atoms with van der Waals surface area (Å²) in [5.74, 6) is 0.916. The molecule has 0 spiro atoms. The molecule has 24 heavy (non-hydrogen) atoms. The van der Waals surface area contributed by atoms with E-state index in [1.54, 1.807) is 0 Å².